The molecule has 0 spiro atoms. The number of carbonyl (C=O) groups is 1. The van der Waals surface area contributed by atoms with Gasteiger partial charge in [0.15, 0.2) is 5.13 Å². The first-order valence-corrected chi connectivity index (χ1v) is 9.49. The van der Waals surface area contributed by atoms with Gasteiger partial charge in [-0.3, -0.25) is 9.69 Å². The molecule has 0 aliphatic carbocycles. The smallest absolute Gasteiger partial charge is 0.230 e. The molecule has 22 heavy (non-hydrogen) atoms. The molecular formula is C16H21N3OS2. The Morgan fingerprint density at radius 2 is 2.23 bits per heavy atom. The van der Waals surface area contributed by atoms with Gasteiger partial charge >= 0.3 is 0 Å². The molecule has 2 aromatic rings. The molecule has 118 valence electrons. The monoisotopic (exact) mass is 335 g/mol. The Morgan fingerprint density at radius 3 is 2.95 bits per heavy atom. The Morgan fingerprint density at radius 1 is 1.41 bits per heavy atom. The molecule has 0 saturated carbocycles. The number of hydrogen-bond donors (Lipinski definition) is 1. The summed E-state index contributed by atoms with van der Waals surface area (Å²) in [6.45, 7) is 5.52. The molecule has 6 heteroatoms. The third-order valence-corrected chi connectivity index (χ3v) is 5.54. The molecule has 4 nitrogen and oxygen atoms in total. The van der Waals surface area contributed by atoms with Gasteiger partial charge in [-0.15, -0.1) is 11.3 Å². The van der Waals surface area contributed by atoms with Crippen molar-refractivity contribution in [1.82, 2.24) is 9.88 Å². The number of thiophene rings is 1. The van der Waals surface area contributed by atoms with Crippen LogP contribution in [0.3, 0.4) is 0 Å². The van der Waals surface area contributed by atoms with Crippen LogP contribution in [-0.2, 0) is 17.8 Å². The second-order valence-corrected chi connectivity index (χ2v) is 7.60. The molecule has 1 N–H and O–H groups in total. The number of carbonyl (C=O) groups excluding carboxylic acids is 1. The summed E-state index contributed by atoms with van der Waals surface area (Å²) in [4.78, 5) is 19.0. The van der Waals surface area contributed by atoms with E-state index in [-0.39, 0.29) is 5.91 Å². The summed E-state index contributed by atoms with van der Waals surface area (Å²) in [5.74, 6) is 0.852. The van der Waals surface area contributed by atoms with Crippen LogP contribution in [0.1, 0.15) is 31.0 Å². The van der Waals surface area contributed by atoms with Gasteiger partial charge in [-0.2, -0.15) is 11.3 Å². The third kappa shape index (κ3) is 4.38. The minimum absolute atomic E-state index is 0.00565. The minimum atomic E-state index is 0.00565. The van der Waals surface area contributed by atoms with Gasteiger partial charge in [0.25, 0.3) is 0 Å². The number of piperidine rings is 1. The lowest BCUT2D eigenvalue weighted by molar-refractivity contribution is -0.115. The van der Waals surface area contributed by atoms with Crippen molar-refractivity contribution in [3.63, 3.8) is 0 Å². The molecule has 0 radical (unpaired) electrons. The average Bonchev–Trinajstić information content (AvgIpc) is 3.14. The van der Waals surface area contributed by atoms with Crippen LogP contribution >= 0.6 is 22.7 Å². The maximum atomic E-state index is 12.0. The summed E-state index contributed by atoms with van der Waals surface area (Å²) in [5.41, 5.74) is 2.12. The van der Waals surface area contributed by atoms with Crippen molar-refractivity contribution in [2.75, 3.05) is 18.4 Å². The van der Waals surface area contributed by atoms with Crippen LogP contribution in [0, 0.1) is 5.92 Å². The molecule has 1 amide bonds. The number of likely N-dealkylation sites (tertiary alicyclic amines) is 1. The van der Waals surface area contributed by atoms with E-state index in [1.807, 2.05) is 16.8 Å². The van der Waals surface area contributed by atoms with E-state index in [1.54, 1.807) is 11.3 Å². The van der Waals surface area contributed by atoms with Crippen molar-refractivity contribution < 1.29 is 4.79 Å². The Hall–Kier alpha value is -1.24. The third-order valence-electron chi connectivity index (χ3n) is 4.00. The lowest BCUT2D eigenvalue weighted by Crippen LogP contribution is -2.32. The first-order chi connectivity index (χ1) is 10.7. The Labute approximate surface area is 139 Å². The summed E-state index contributed by atoms with van der Waals surface area (Å²) >= 11 is 3.13. The van der Waals surface area contributed by atoms with E-state index in [1.165, 1.54) is 24.2 Å². The zero-order valence-corrected chi connectivity index (χ0v) is 14.4. The van der Waals surface area contributed by atoms with Gasteiger partial charge in [0.1, 0.15) is 0 Å². The second-order valence-electron chi connectivity index (χ2n) is 5.96. The quantitative estimate of drug-likeness (QED) is 0.908. The fourth-order valence-electron chi connectivity index (χ4n) is 2.63. The van der Waals surface area contributed by atoms with Gasteiger partial charge in [0, 0.05) is 11.9 Å². The van der Waals surface area contributed by atoms with E-state index in [2.05, 4.69) is 27.5 Å². The van der Waals surface area contributed by atoms with Gasteiger partial charge in [-0.05, 0) is 54.2 Å². The normalized spacial score (nSPS) is 16.8. The molecule has 1 aliphatic heterocycles. The van der Waals surface area contributed by atoms with Gasteiger partial charge in [0.2, 0.25) is 5.91 Å². The summed E-state index contributed by atoms with van der Waals surface area (Å²) in [6, 6.07) is 1.98. The van der Waals surface area contributed by atoms with Gasteiger partial charge < -0.3 is 5.32 Å². The lowest BCUT2D eigenvalue weighted by Gasteiger charge is -2.29. The van der Waals surface area contributed by atoms with E-state index in [4.69, 9.17) is 0 Å². The van der Waals surface area contributed by atoms with Gasteiger partial charge in [-0.25, -0.2) is 4.98 Å². The number of anilines is 1. The maximum absolute atomic E-state index is 12.0. The number of aromatic nitrogens is 1. The van der Waals surface area contributed by atoms with Crippen LogP contribution in [0.25, 0.3) is 0 Å². The maximum Gasteiger partial charge on any atom is 0.230 e. The molecule has 0 unspecified atom stereocenters. The summed E-state index contributed by atoms with van der Waals surface area (Å²) in [7, 11) is 0. The zero-order valence-electron chi connectivity index (χ0n) is 12.7. The first-order valence-electron chi connectivity index (χ1n) is 7.67. The number of thiazole rings is 1. The first kappa shape index (κ1) is 15.6. The Bertz CT molecular complexity index is 601. The standard InChI is InChI=1S/C16H21N3OS2/c1-12-2-5-19(6-3-12)9-14-11-22-16(17-14)18-15(20)8-13-4-7-21-10-13/h4,7,10-12H,2-3,5-6,8-9H2,1H3,(H,17,18,20). The zero-order chi connectivity index (χ0) is 15.4. The van der Waals surface area contributed by atoms with Crippen LogP contribution in [0.5, 0.6) is 0 Å². The van der Waals surface area contributed by atoms with Crippen molar-refractivity contribution in [1.29, 1.82) is 0 Å². The largest absolute Gasteiger partial charge is 0.302 e. The van der Waals surface area contributed by atoms with E-state index >= 15 is 0 Å². The SMILES string of the molecule is CC1CCN(Cc2csc(NC(=O)Cc3ccsc3)n2)CC1. The van der Waals surface area contributed by atoms with Crippen LogP contribution in [0.2, 0.25) is 0 Å². The molecule has 3 heterocycles. The Balaban J connectivity index is 1.49. The second kappa shape index (κ2) is 7.35. The summed E-state index contributed by atoms with van der Waals surface area (Å²) in [6.07, 6.45) is 2.96. The fraction of sp³-hybridized carbons (Fsp3) is 0.500. The molecule has 2 aromatic heterocycles. The van der Waals surface area contributed by atoms with Crippen LogP contribution in [0.4, 0.5) is 5.13 Å². The highest BCUT2D eigenvalue weighted by molar-refractivity contribution is 7.13. The highest BCUT2D eigenvalue weighted by atomic mass is 32.1. The van der Waals surface area contributed by atoms with Gasteiger partial charge in [-0.1, -0.05) is 6.92 Å². The van der Waals surface area contributed by atoms with Crippen LogP contribution in [0.15, 0.2) is 22.2 Å². The Kier molecular flexibility index (Phi) is 5.23. The van der Waals surface area contributed by atoms with E-state index in [0.29, 0.717) is 11.6 Å². The molecular weight excluding hydrogens is 314 g/mol. The highest BCUT2D eigenvalue weighted by Crippen LogP contribution is 2.21. The molecule has 0 atom stereocenters. The number of rotatable bonds is 5. The summed E-state index contributed by atoms with van der Waals surface area (Å²) in [5, 5.41) is 9.66. The average molecular weight is 335 g/mol. The topological polar surface area (TPSA) is 45.2 Å². The van der Waals surface area contributed by atoms with E-state index in [0.717, 1.165) is 36.8 Å². The molecule has 0 bridgehead atoms. The molecule has 0 aromatic carbocycles. The predicted molar refractivity (Wildman–Crippen MR) is 92.4 cm³/mol. The molecule has 1 aliphatic rings. The molecule has 3 rings (SSSR count). The van der Waals surface area contributed by atoms with Crippen molar-refractivity contribution in [3.05, 3.63) is 33.5 Å². The lowest BCUT2D eigenvalue weighted by atomic mass is 9.99. The molecule has 1 fully saturated rings. The van der Waals surface area contributed by atoms with E-state index in [9.17, 15) is 4.79 Å². The molecule has 1 saturated heterocycles. The predicted octanol–water partition coefficient (Wildman–Crippen LogP) is 3.62. The highest BCUT2D eigenvalue weighted by Gasteiger charge is 2.17. The van der Waals surface area contributed by atoms with Crippen molar-refractivity contribution in [3.8, 4) is 0 Å². The number of nitrogens with zero attached hydrogens (tertiary/aromatic N) is 2. The fourth-order valence-corrected chi connectivity index (χ4v) is 4.01. The van der Waals surface area contributed by atoms with Crippen LogP contribution < -0.4 is 5.32 Å². The van der Waals surface area contributed by atoms with Crippen LogP contribution in [-0.4, -0.2) is 28.9 Å². The number of nitrogens with one attached hydrogen (secondary N) is 1. The van der Waals surface area contributed by atoms with Crippen molar-refractivity contribution in [2.24, 2.45) is 5.92 Å². The van der Waals surface area contributed by atoms with Crippen molar-refractivity contribution in [2.45, 2.75) is 32.7 Å². The number of hydrogen-bond acceptors (Lipinski definition) is 5. The number of amides is 1. The van der Waals surface area contributed by atoms with Gasteiger partial charge in [0.05, 0.1) is 12.1 Å². The van der Waals surface area contributed by atoms with Crippen molar-refractivity contribution >= 4 is 33.7 Å². The summed E-state index contributed by atoms with van der Waals surface area (Å²) < 4.78 is 0. The minimum Gasteiger partial charge on any atom is -0.302 e. The van der Waals surface area contributed by atoms with E-state index < -0.39 is 0 Å².